The number of carboxylic acid groups (broad SMARTS) is 1. The van der Waals surface area contributed by atoms with Gasteiger partial charge in [-0.2, -0.15) is 0 Å². The molecule has 0 aromatic rings. The number of halogens is 1. The number of Topliss-reactive ketones (excluding diaryl/α,β-unsaturated/α-hetero) is 3. The molecule has 0 aromatic heterocycles. The Labute approximate surface area is 415 Å². The molecule has 0 saturated carbocycles. The maximum absolute atomic E-state index is 13.0. The van der Waals surface area contributed by atoms with E-state index in [0.29, 0.717) is 77.4 Å². The largest absolute Gasteiger partial charge is 0.480 e. The van der Waals surface area contributed by atoms with Gasteiger partial charge < -0.3 is 29.4 Å². The van der Waals surface area contributed by atoms with Crippen molar-refractivity contribution in [1.82, 2.24) is 30.5 Å². The number of nitrogens with zero attached hydrogens (tertiary/aromatic N) is 4. The molecule has 21 heteroatoms. The molecule has 1 unspecified atom stereocenters. The van der Waals surface area contributed by atoms with Crippen molar-refractivity contribution in [1.29, 1.82) is 0 Å². The quantitative estimate of drug-likeness (QED) is 0.0594. The SMILES string of the molecule is CCC(C)(C)C(=O)C(=O)N1CCCCC1C(=O)NNC(=O)[C@@H]1CCCCN1C(=O)C(=O)C(C)(C)CC.CCC(C)(C)C(=O)C(=O)N1CCCC[C@H]1C(=O)O.CCN(CC)CC.CCOC(=O)Cl.NN. The first-order valence-electron chi connectivity index (χ1n) is 24.5. The van der Waals surface area contributed by atoms with Crippen molar-refractivity contribution in [3.05, 3.63) is 0 Å². The highest BCUT2D eigenvalue weighted by Crippen LogP contribution is 2.28. The number of hydrogen-bond donors (Lipinski definition) is 5. The summed E-state index contributed by atoms with van der Waals surface area (Å²) in [5.74, 6) is 2.22. The van der Waals surface area contributed by atoms with Crippen LogP contribution in [0.5, 0.6) is 0 Å². The molecule has 398 valence electrons. The lowest BCUT2D eigenvalue weighted by molar-refractivity contribution is -0.158. The number of carbonyl (C=O) groups excluding carboxylic acids is 9. The molecule has 7 N–H and O–H groups in total. The van der Waals surface area contributed by atoms with E-state index in [1.165, 1.54) is 34.3 Å². The summed E-state index contributed by atoms with van der Waals surface area (Å²) < 4.78 is 4.17. The average molecular weight is 1000 g/mol. The van der Waals surface area contributed by atoms with Crippen molar-refractivity contribution in [2.45, 2.75) is 185 Å². The van der Waals surface area contributed by atoms with Crippen LogP contribution in [0.15, 0.2) is 0 Å². The van der Waals surface area contributed by atoms with E-state index in [-0.39, 0.29) is 13.1 Å². The summed E-state index contributed by atoms with van der Waals surface area (Å²) in [5.41, 5.74) is 1.66. The van der Waals surface area contributed by atoms with Gasteiger partial charge in [0.15, 0.2) is 0 Å². The Kier molecular flexibility index (Phi) is 32.0. The lowest BCUT2D eigenvalue weighted by Gasteiger charge is -2.37. The second-order valence-electron chi connectivity index (χ2n) is 18.8. The normalized spacial score (nSPS) is 18.1. The molecule has 3 aliphatic heterocycles. The molecule has 20 nitrogen and oxygen atoms in total. The second kappa shape index (κ2) is 33.1. The van der Waals surface area contributed by atoms with Crippen LogP contribution >= 0.6 is 11.6 Å². The molecule has 3 fully saturated rings. The van der Waals surface area contributed by atoms with Crippen LogP contribution in [0.4, 0.5) is 4.79 Å². The van der Waals surface area contributed by atoms with Crippen LogP contribution in [-0.2, 0) is 47.9 Å². The third-order valence-corrected chi connectivity index (χ3v) is 13.3. The monoisotopic (exact) mass is 1000 g/mol. The number of ketones is 3. The molecule has 0 aliphatic carbocycles. The van der Waals surface area contributed by atoms with E-state index in [9.17, 15) is 47.9 Å². The molecule has 3 aliphatic rings. The Morgan fingerprint density at radius 2 is 0.812 bits per heavy atom. The van der Waals surface area contributed by atoms with Crippen LogP contribution in [0.2, 0.25) is 0 Å². The van der Waals surface area contributed by atoms with Gasteiger partial charge in [0.2, 0.25) is 17.3 Å². The highest BCUT2D eigenvalue weighted by atomic mass is 35.5. The number of piperidine rings is 3. The fourth-order valence-corrected chi connectivity index (χ4v) is 7.25. The fourth-order valence-electron chi connectivity index (χ4n) is 7.14. The van der Waals surface area contributed by atoms with E-state index in [0.717, 1.165) is 12.8 Å². The molecule has 5 amide bonds. The highest BCUT2D eigenvalue weighted by Gasteiger charge is 2.43. The Morgan fingerprint density at radius 3 is 1.01 bits per heavy atom. The highest BCUT2D eigenvalue weighted by molar-refractivity contribution is 6.61. The van der Waals surface area contributed by atoms with E-state index in [1.54, 1.807) is 48.5 Å². The van der Waals surface area contributed by atoms with E-state index in [1.807, 2.05) is 20.8 Å². The van der Waals surface area contributed by atoms with Crippen molar-refractivity contribution in [3.63, 3.8) is 0 Å². The third-order valence-electron chi connectivity index (χ3n) is 13.2. The minimum atomic E-state index is -1.02. The van der Waals surface area contributed by atoms with Crippen LogP contribution in [0, 0.1) is 16.2 Å². The number of likely N-dealkylation sites (tertiary alicyclic amines) is 3. The zero-order chi connectivity index (χ0) is 53.9. The molecule has 0 radical (unpaired) electrons. The number of aliphatic carboxylic acids is 1. The molecular weight excluding hydrogens is 916 g/mol. The number of nitrogens with one attached hydrogen (secondary N) is 2. The molecule has 69 heavy (non-hydrogen) atoms. The van der Waals surface area contributed by atoms with Gasteiger partial charge in [0.1, 0.15) is 18.1 Å². The maximum atomic E-state index is 13.0. The summed E-state index contributed by atoms with van der Waals surface area (Å²) in [6, 6.07) is -2.60. The van der Waals surface area contributed by atoms with Gasteiger partial charge in [-0.3, -0.25) is 60.9 Å². The molecular formula is C48H87ClN8O12. The molecule has 3 rings (SSSR count). The van der Waals surface area contributed by atoms with Gasteiger partial charge in [-0.05, 0) is 104 Å². The van der Waals surface area contributed by atoms with Gasteiger partial charge in [0.25, 0.3) is 29.5 Å². The summed E-state index contributed by atoms with van der Waals surface area (Å²) in [4.78, 5) is 128. The van der Waals surface area contributed by atoms with Gasteiger partial charge in [0.05, 0.1) is 6.61 Å². The summed E-state index contributed by atoms with van der Waals surface area (Å²) in [6.45, 7) is 28.9. The number of carbonyl (C=O) groups is 10. The summed E-state index contributed by atoms with van der Waals surface area (Å²) >= 11 is 4.72. The van der Waals surface area contributed by atoms with Gasteiger partial charge in [-0.1, -0.05) is 83.1 Å². The van der Waals surface area contributed by atoms with E-state index in [2.05, 4.69) is 52.9 Å². The summed E-state index contributed by atoms with van der Waals surface area (Å²) in [6.07, 6.45) is 7.06. The van der Waals surface area contributed by atoms with Crippen molar-refractivity contribution in [2.24, 2.45) is 27.9 Å². The van der Waals surface area contributed by atoms with Crippen molar-refractivity contribution in [2.75, 3.05) is 45.9 Å². The predicted molar refractivity (Wildman–Crippen MR) is 264 cm³/mol. The zero-order valence-electron chi connectivity index (χ0n) is 43.9. The van der Waals surface area contributed by atoms with Crippen LogP contribution < -0.4 is 22.5 Å². The fraction of sp³-hybridized carbons (Fsp3) is 0.792. The zero-order valence-corrected chi connectivity index (χ0v) is 44.7. The van der Waals surface area contributed by atoms with Crippen LogP contribution in [-0.4, -0.2) is 147 Å². The number of hydrazine groups is 2. The Morgan fingerprint density at radius 1 is 0.536 bits per heavy atom. The first kappa shape index (κ1) is 66.6. The molecule has 3 atom stereocenters. The van der Waals surface area contributed by atoms with E-state index in [4.69, 9.17) is 16.7 Å². The predicted octanol–water partition coefficient (Wildman–Crippen LogP) is 4.91. The maximum Gasteiger partial charge on any atom is 0.403 e. The first-order chi connectivity index (χ1) is 32.2. The number of ether oxygens (including phenoxy) is 1. The van der Waals surface area contributed by atoms with Crippen molar-refractivity contribution < 1.29 is 57.8 Å². The second-order valence-corrected chi connectivity index (χ2v) is 19.1. The average Bonchev–Trinajstić information content (AvgIpc) is 3.35. The van der Waals surface area contributed by atoms with Gasteiger partial charge in [-0.25, -0.2) is 9.59 Å². The van der Waals surface area contributed by atoms with Crippen LogP contribution in [0.3, 0.4) is 0 Å². The number of hydrogen-bond acceptors (Lipinski definition) is 14. The van der Waals surface area contributed by atoms with Gasteiger partial charge >= 0.3 is 11.4 Å². The Balaban J connectivity index is 0. The third kappa shape index (κ3) is 21.6. The minimum absolute atomic E-state index is 0.288. The minimum Gasteiger partial charge on any atom is -0.480 e. The van der Waals surface area contributed by atoms with Gasteiger partial charge in [-0.15, -0.1) is 0 Å². The van der Waals surface area contributed by atoms with Crippen molar-refractivity contribution in [3.8, 4) is 0 Å². The Bertz CT molecular complexity index is 1630. The van der Waals surface area contributed by atoms with Crippen LogP contribution in [0.1, 0.15) is 167 Å². The molecule has 3 saturated heterocycles. The lowest BCUT2D eigenvalue weighted by atomic mass is 9.84. The number of nitrogens with two attached hydrogens (primary N) is 2. The Hall–Kier alpha value is -4.53. The molecule has 3 heterocycles. The van der Waals surface area contributed by atoms with E-state index < -0.39 is 92.7 Å². The van der Waals surface area contributed by atoms with E-state index >= 15 is 0 Å². The number of amides is 5. The molecule has 0 bridgehead atoms. The standard InChI is InChI=1S/C26H42N4O6.C13H21NO4.C6H15N.C3H5ClO2.H4N2/c1-7-25(3,4)19(31)23(35)29-15-11-9-13-17(29)21(33)27-28-22(34)18-14-10-12-16-30(18)24(36)20(32)26(5,6)8-2;1-4-13(2,3)10(15)11(16)14-8-6-5-7-9(14)12(17)18;1-4-7(5-2)6-3;1-2-6-3(4)5;1-2/h17-18H,7-16H2,1-6H3,(H,27,33)(H,28,34);9H,4-8H2,1-3H3,(H,17,18);4-6H2,1-3H3;2H2,1H3;1-2H2/t17-,18?;9-;;;/m00.../s1. The number of carboxylic acids is 1. The summed E-state index contributed by atoms with van der Waals surface area (Å²) in [5, 5.41) is 9.09. The van der Waals surface area contributed by atoms with Crippen molar-refractivity contribution >= 4 is 69.9 Å². The number of rotatable bonds is 16. The molecule has 0 aromatic carbocycles. The molecule has 0 spiro atoms. The van der Waals surface area contributed by atoms with Gasteiger partial charge in [0, 0.05) is 47.5 Å². The first-order valence-corrected chi connectivity index (χ1v) is 24.9. The van der Waals surface area contributed by atoms with Crippen LogP contribution in [0.25, 0.3) is 0 Å². The smallest absolute Gasteiger partial charge is 0.403 e. The topological polar surface area (TPSA) is 289 Å². The summed E-state index contributed by atoms with van der Waals surface area (Å²) in [7, 11) is 0. The lowest BCUT2D eigenvalue weighted by Crippen LogP contribution is -2.61.